The number of Topliss-reactive ketones (excluding diaryl/α,β-unsaturated/α-hetero) is 1. The second kappa shape index (κ2) is 7.86. The number of benzene rings is 2. The van der Waals surface area contributed by atoms with Crippen molar-refractivity contribution in [2.45, 2.75) is 23.9 Å². The molecule has 140 valence electrons. The highest BCUT2D eigenvalue weighted by Crippen LogP contribution is 2.30. The predicted octanol–water partition coefficient (Wildman–Crippen LogP) is 4.98. The van der Waals surface area contributed by atoms with E-state index in [1.165, 1.54) is 11.8 Å². The van der Waals surface area contributed by atoms with Crippen LogP contribution < -0.4 is 0 Å². The molecule has 6 heteroatoms. The monoisotopic (exact) mass is 388 g/mol. The topological polar surface area (TPSA) is 63.6 Å². The summed E-state index contributed by atoms with van der Waals surface area (Å²) in [5.74, 6) is 0.839. The van der Waals surface area contributed by atoms with Gasteiger partial charge in [0.15, 0.2) is 16.8 Å². The van der Waals surface area contributed by atoms with Gasteiger partial charge < -0.3 is 4.98 Å². The zero-order chi connectivity index (χ0) is 19.5. The number of allylic oxidation sites excluding steroid dienone is 1. The van der Waals surface area contributed by atoms with Crippen molar-refractivity contribution in [3.05, 3.63) is 79.0 Å². The fourth-order valence-electron chi connectivity index (χ4n) is 3.18. The van der Waals surface area contributed by atoms with Crippen molar-refractivity contribution in [2.24, 2.45) is 0 Å². The summed E-state index contributed by atoms with van der Waals surface area (Å²) < 4.78 is 1.99. The summed E-state index contributed by atoms with van der Waals surface area (Å²) in [5, 5.41) is 10.1. The summed E-state index contributed by atoms with van der Waals surface area (Å²) in [6.45, 7) is 6.33. The van der Waals surface area contributed by atoms with Crippen LogP contribution in [0.5, 0.6) is 0 Å². The number of carbonyl (C=O) groups excluding carboxylic acids is 1. The number of ketones is 1. The van der Waals surface area contributed by atoms with Crippen molar-refractivity contribution in [3.63, 3.8) is 0 Å². The van der Waals surface area contributed by atoms with E-state index in [9.17, 15) is 4.79 Å². The Morgan fingerprint density at radius 1 is 1.18 bits per heavy atom. The van der Waals surface area contributed by atoms with Crippen LogP contribution in [-0.2, 0) is 6.54 Å². The highest BCUT2D eigenvalue weighted by molar-refractivity contribution is 8.00. The standard InChI is InChI=1S/C22H20N4OS/c1-3-13-26-21(16-9-5-4-6-10-16)24-25-22(26)28-15(2)20(27)18-14-23-19-12-8-7-11-17(18)19/h3-12,14-15,23H,1,13H2,2H3. The third kappa shape index (κ3) is 3.39. The van der Waals surface area contributed by atoms with E-state index in [0.717, 1.165) is 22.3 Å². The maximum atomic E-state index is 13.1. The van der Waals surface area contributed by atoms with Crippen LogP contribution in [0.3, 0.4) is 0 Å². The number of fused-ring (bicyclic) bond motifs is 1. The van der Waals surface area contributed by atoms with E-state index >= 15 is 0 Å². The average Bonchev–Trinajstić information content (AvgIpc) is 3.33. The van der Waals surface area contributed by atoms with E-state index in [2.05, 4.69) is 21.8 Å². The minimum atomic E-state index is -0.296. The minimum Gasteiger partial charge on any atom is -0.360 e. The zero-order valence-electron chi connectivity index (χ0n) is 15.5. The van der Waals surface area contributed by atoms with Crippen molar-refractivity contribution in [1.29, 1.82) is 0 Å². The molecule has 0 saturated carbocycles. The molecule has 0 bridgehead atoms. The summed E-state index contributed by atoms with van der Waals surface area (Å²) >= 11 is 1.42. The molecule has 0 aliphatic heterocycles. The van der Waals surface area contributed by atoms with Crippen LogP contribution in [0.2, 0.25) is 0 Å². The van der Waals surface area contributed by atoms with E-state index in [1.807, 2.05) is 72.2 Å². The molecule has 5 nitrogen and oxygen atoms in total. The van der Waals surface area contributed by atoms with Crippen molar-refractivity contribution in [2.75, 3.05) is 0 Å². The Balaban J connectivity index is 1.62. The molecule has 0 saturated heterocycles. The molecule has 1 atom stereocenters. The Morgan fingerprint density at radius 2 is 1.93 bits per heavy atom. The zero-order valence-corrected chi connectivity index (χ0v) is 16.3. The lowest BCUT2D eigenvalue weighted by Gasteiger charge is -2.11. The number of aromatic amines is 1. The number of hydrogen-bond acceptors (Lipinski definition) is 4. The lowest BCUT2D eigenvalue weighted by molar-refractivity contribution is 0.0995. The second-order valence-electron chi connectivity index (χ2n) is 6.44. The fraction of sp³-hybridized carbons (Fsp3) is 0.136. The molecule has 0 spiro atoms. The lowest BCUT2D eigenvalue weighted by atomic mass is 10.1. The van der Waals surface area contributed by atoms with Gasteiger partial charge in [-0.2, -0.15) is 0 Å². The molecule has 2 heterocycles. The Morgan fingerprint density at radius 3 is 2.71 bits per heavy atom. The molecule has 2 aromatic carbocycles. The normalized spacial score (nSPS) is 12.2. The van der Waals surface area contributed by atoms with Gasteiger partial charge in [-0.05, 0) is 13.0 Å². The van der Waals surface area contributed by atoms with Gasteiger partial charge in [-0.3, -0.25) is 9.36 Å². The molecule has 1 unspecified atom stereocenters. The fourth-order valence-corrected chi connectivity index (χ4v) is 4.10. The van der Waals surface area contributed by atoms with Gasteiger partial charge in [0.25, 0.3) is 0 Å². The van der Waals surface area contributed by atoms with Crippen LogP contribution in [0.25, 0.3) is 22.3 Å². The number of carbonyl (C=O) groups is 1. The van der Waals surface area contributed by atoms with Crippen molar-refractivity contribution < 1.29 is 4.79 Å². The van der Waals surface area contributed by atoms with Gasteiger partial charge in [-0.15, -0.1) is 16.8 Å². The van der Waals surface area contributed by atoms with Crippen LogP contribution >= 0.6 is 11.8 Å². The van der Waals surface area contributed by atoms with E-state index < -0.39 is 0 Å². The average molecular weight is 388 g/mol. The maximum Gasteiger partial charge on any atom is 0.192 e. The molecule has 2 aromatic heterocycles. The molecule has 0 aliphatic carbocycles. The Hall–Kier alpha value is -3.12. The van der Waals surface area contributed by atoms with Crippen molar-refractivity contribution in [3.8, 4) is 11.4 Å². The first-order valence-electron chi connectivity index (χ1n) is 9.05. The van der Waals surface area contributed by atoms with Gasteiger partial charge in [0.05, 0.1) is 5.25 Å². The molecule has 0 radical (unpaired) electrons. The molecule has 28 heavy (non-hydrogen) atoms. The van der Waals surface area contributed by atoms with Crippen molar-refractivity contribution >= 4 is 28.4 Å². The third-order valence-electron chi connectivity index (χ3n) is 4.57. The summed E-state index contributed by atoms with van der Waals surface area (Å²) in [6.07, 6.45) is 3.60. The molecule has 0 fully saturated rings. The lowest BCUT2D eigenvalue weighted by Crippen LogP contribution is -2.14. The van der Waals surface area contributed by atoms with E-state index in [0.29, 0.717) is 17.3 Å². The van der Waals surface area contributed by atoms with Gasteiger partial charge in [-0.25, -0.2) is 0 Å². The number of thioether (sulfide) groups is 1. The van der Waals surface area contributed by atoms with Gasteiger partial charge in [0.2, 0.25) is 0 Å². The summed E-state index contributed by atoms with van der Waals surface area (Å²) in [7, 11) is 0. The molecule has 4 rings (SSSR count). The molecular formula is C22H20N4OS. The second-order valence-corrected chi connectivity index (χ2v) is 7.75. The number of hydrogen-bond donors (Lipinski definition) is 1. The Labute approximate surface area is 167 Å². The first-order chi connectivity index (χ1) is 13.7. The SMILES string of the molecule is C=CCn1c(SC(C)C(=O)c2c[nH]c3ccccc23)nnc1-c1ccccc1. The Kier molecular flexibility index (Phi) is 5.12. The van der Waals surface area contributed by atoms with Crippen LogP contribution in [0.15, 0.2) is 78.6 Å². The number of rotatable bonds is 7. The molecule has 4 aromatic rings. The summed E-state index contributed by atoms with van der Waals surface area (Å²) in [4.78, 5) is 16.2. The number of H-pyrrole nitrogens is 1. The largest absolute Gasteiger partial charge is 0.360 e. The van der Waals surface area contributed by atoms with Gasteiger partial charge >= 0.3 is 0 Å². The van der Waals surface area contributed by atoms with E-state index in [4.69, 9.17) is 0 Å². The number of nitrogens with one attached hydrogen (secondary N) is 1. The van der Waals surface area contributed by atoms with Crippen molar-refractivity contribution in [1.82, 2.24) is 19.7 Å². The van der Waals surface area contributed by atoms with Crippen LogP contribution in [0.4, 0.5) is 0 Å². The summed E-state index contributed by atoms with van der Waals surface area (Å²) in [6, 6.07) is 17.7. The quantitative estimate of drug-likeness (QED) is 0.276. The smallest absolute Gasteiger partial charge is 0.192 e. The first-order valence-corrected chi connectivity index (χ1v) is 9.93. The van der Waals surface area contributed by atoms with Gasteiger partial charge in [-0.1, -0.05) is 66.4 Å². The third-order valence-corrected chi connectivity index (χ3v) is 5.65. The Bertz CT molecular complexity index is 1130. The van der Waals surface area contributed by atoms with Gasteiger partial charge in [0, 0.05) is 34.8 Å². The molecule has 1 N–H and O–H groups in total. The maximum absolute atomic E-state index is 13.1. The van der Waals surface area contributed by atoms with Crippen LogP contribution in [-0.4, -0.2) is 30.8 Å². The number of aromatic nitrogens is 4. The molecular weight excluding hydrogens is 368 g/mol. The highest BCUT2D eigenvalue weighted by Gasteiger charge is 2.23. The molecule has 0 aliphatic rings. The van der Waals surface area contributed by atoms with Gasteiger partial charge in [0.1, 0.15) is 0 Å². The number of para-hydroxylation sites is 1. The van der Waals surface area contributed by atoms with E-state index in [-0.39, 0.29) is 11.0 Å². The van der Waals surface area contributed by atoms with E-state index in [1.54, 1.807) is 6.20 Å². The molecule has 0 amide bonds. The minimum absolute atomic E-state index is 0.0665. The van der Waals surface area contributed by atoms with Crippen LogP contribution in [0, 0.1) is 0 Å². The highest BCUT2D eigenvalue weighted by atomic mass is 32.2. The first kappa shape index (κ1) is 18.3. The summed E-state index contributed by atoms with van der Waals surface area (Å²) in [5.41, 5.74) is 2.65. The number of nitrogens with zero attached hydrogens (tertiary/aromatic N) is 3. The van der Waals surface area contributed by atoms with Crippen LogP contribution in [0.1, 0.15) is 17.3 Å². The predicted molar refractivity (Wildman–Crippen MR) is 114 cm³/mol.